The van der Waals surface area contributed by atoms with E-state index < -0.39 is 8.56 Å². The van der Waals surface area contributed by atoms with Crippen molar-refractivity contribution >= 4 is 8.56 Å². The van der Waals surface area contributed by atoms with Crippen LogP contribution in [0.5, 0.6) is 0 Å². The highest BCUT2D eigenvalue weighted by atomic mass is 28.4. The summed E-state index contributed by atoms with van der Waals surface area (Å²) in [6.07, 6.45) is 45.0. The summed E-state index contributed by atoms with van der Waals surface area (Å²) in [5.41, 5.74) is 0. The van der Waals surface area contributed by atoms with E-state index in [0.717, 1.165) is 12.1 Å². The molecule has 284 valence electrons. The summed E-state index contributed by atoms with van der Waals surface area (Å²) in [7, 11) is 1.29. The first-order chi connectivity index (χ1) is 23.2. The van der Waals surface area contributed by atoms with E-state index in [1.165, 1.54) is 205 Å². The molecule has 0 radical (unpaired) electrons. The van der Waals surface area contributed by atoms with Gasteiger partial charge in [0.05, 0.1) is 26.4 Å². The van der Waals surface area contributed by atoms with Crippen LogP contribution in [0.25, 0.3) is 0 Å². The number of unbranched alkanes of at least 4 members (excludes halogenated alkanes) is 30. The number of methoxy groups -OCH3 is 2. The number of hydrogen-bond donors (Lipinski definition) is 0. The SMILES string of the molecule is CCCCCCCCCCCCCCCCCC[Si](CCCCCCCCCCCCCCCCCC)(OCCOC)OCCOC. The molecule has 0 aliphatic carbocycles. The average Bonchev–Trinajstić information content (AvgIpc) is 3.08. The molecular weight excluding hydrogens is 597 g/mol. The summed E-state index contributed by atoms with van der Waals surface area (Å²) < 4.78 is 23.9. The third-order valence-corrected chi connectivity index (χ3v) is 13.8. The van der Waals surface area contributed by atoms with Crippen molar-refractivity contribution in [3.63, 3.8) is 0 Å². The molecule has 0 spiro atoms. The molecule has 0 aliphatic rings. The fourth-order valence-electron chi connectivity index (χ4n) is 6.96. The van der Waals surface area contributed by atoms with Crippen molar-refractivity contribution in [3.8, 4) is 0 Å². The Morgan fingerprint density at radius 3 is 0.702 bits per heavy atom. The van der Waals surface area contributed by atoms with Gasteiger partial charge < -0.3 is 18.3 Å². The molecule has 0 bridgehead atoms. The molecule has 0 fully saturated rings. The minimum Gasteiger partial charge on any atom is -0.392 e. The molecule has 5 heteroatoms. The van der Waals surface area contributed by atoms with Gasteiger partial charge in [-0.2, -0.15) is 0 Å². The molecule has 0 amide bonds. The van der Waals surface area contributed by atoms with Crippen LogP contribution in [0, 0.1) is 0 Å². The van der Waals surface area contributed by atoms with E-state index in [4.69, 9.17) is 18.3 Å². The largest absolute Gasteiger partial charge is 0.392 e. The van der Waals surface area contributed by atoms with Gasteiger partial charge in [-0.05, 0) is 12.1 Å². The maximum atomic E-state index is 6.60. The predicted octanol–water partition coefficient (Wildman–Crippen LogP) is 14.3. The Bertz CT molecular complexity index is 513. The minimum absolute atomic E-state index is 0.653. The normalized spacial score (nSPS) is 12.0. The van der Waals surface area contributed by atoms with Crippen molar-refractivity contribution in [1.29, 1.82) is 0 Å². The highest BCUT2D eigenvalue weighted by molar-refractivity contribution is 6.67. The Labute approximate surface area is 298 Å². The molecule has 0 N–H and O–H groups in total. The second kappa shape index (κ2) is 40.5. The van der Waals surface area contributed by atoms with Crippen molar-refractivity contribution < 1.29 is 18.3 Å². The van der Waals surface area contributed by atoms with E-state index in [1.807, 2.05) is 0 Å². The van der Waals surface area contributed by atoms with Crippen molar-refractivity contribution in [3.05, 3.63) is 0 Å². The third-order valence-electron chi connectivity index (χ3n) is 10.1. The molecule has 0 saturated carbocycles. The van der Waals surface area contributed by atoms with Crippen LogP contribution < -0.4 is 0 Å². The maximum absolute atomic E-state index is 6.60. The molecular formula is C42H88O4Si. The molecule has 0 aromatic carbocycles. The Hall–Kier alpha value is 0.0569. The molecule has 47 heavy (non-hydrogen) atoms. The second-order valence-electron chi connectivity index (χ2n) is 14.7. The summed E-state index contributed by atoms with van der Waals surface area (Å²) in [6, 6.07) is 2.25. The summed E-state index contributed by atoms with van der Waals surface area (Å²) >= 11 is 0. The predicted molar refractivity (Wildman–Crippen MR) is 210 cm³/mol. The molecule has 0 saturated heterocycles. The highest BCUT2D eigenvalue weighted by Crippen LogP contribution is 2.27. The fourth-order valence-corrected chi connectivity index (χ4v) is 10.4. The van der Waals surface area contributed by atoms with Gasteiger partial charge in [-0.1, -0.05) is 219 Å². The van der Waals surface area contributed by atoms with Gasteiger partial charge in [-0.25, -0.2) is 0 Å². The zero-order valence-electron chi connectivity index (χ0n) is 33.0. The van der Waals surface area contributed by atoms with Crippen LogP contribution in [-0.2, 0) is 18.3 Å². The van der Waals surface area contributed by atoms with Gasteiger partial charge in [0.2, 0.25) is 0 Å². The number of hydrogen-bond acceptors (Lipinski definition) is 4. The van der Waals surface area contributed by atoms with Crippen LogP contribution in [0.1, 0.15) is 219 Å². The van der Waals surface area contributed by atoms with Crippen molar-refractivity contribution in [1.82, 2.24) is 0 Å². The molecule has 0 aromatic rings. The van der Waals surface area contributed by atoms with E-state index in [0.29, 0.717) is 26.4 Å². The van der Waals surface area contributed by atoms with Gasteiger partial charge in [0.1, 0.15) is 0 Å². The van der Waals surface area contributed by atoms with Crippen molar-refractivity contribution in [2.75, 3.05) is 40.6 Å². The summed E-state index contributed by atoms with van der Waals surface area (Å²) in [6.45, 7) is 7.23. The lowest BCUT2D eigenvalue weighted by Crippen LogP contribution is -2.43. The monoisotopic (exact) mass is 685 g/mol. The molecule has 0 aliphatic heterocycles. The lowest BCUT2D eigenvalue weighted by molar-refractivity contribution is 0.0849. The molecule has 0 heterocycles. The van der Waals surface area contributed by atoms with Crippen LogP contribution in [0.4, 0.5) is 0 Å². The highest BCUT2D eigenvalue weighted by Gasteiger charge is 2.36. The summed E-state index contributed by atoms with van der Waals surface area (Å²) in [5, 5.41) is 0. The van der Waals surface area contributed by atoms with Crippen molar-refractivity contribution in [2.45, 2.75) is 231 Å². The molecule has 0 unspecified atom stereocenters. The van der Waals surface area contributed by atoms with E-state index in [2.05, 4.69) is 13.8 Å². The Morgan fingerprint density at radius 2 is 0.489 bits per heavy atom. The van der Waals surface area contributed by atoms with Gasteiger partial charge in [0.25, 0.3) is 0 Å². The van der Waals surface area contributed by atoms with E-state index >= 15 is 0 Å². The molecule has 0 rings (SSSR count). The first-order valence-electron chi connectivity index (χ1n) is 21.5. The fraction of sp³-hybridized carbons (Fsp3) is 1.00. The van der Waals surface area contributed by atoms with Gasteiger partial charge >= 0.3 is 8.56 Å². The van der Waals surface area contributed by atoms with Gasteiger partial charge in [-0.3, -0.25) is 0 Å². The molecule has 0 atom stereocenters. The van der Waals surface area contributed by atoms with E-state index in [9.17, 15) is 0 Å². The molecule has 4 nitrogen and oxygen atoms in total. The standard InChI is InChI=1S/C42H88O4Si/c1-5-7-9-11-13-15-17-19-21-23-25-27-29-31-33-35-41-47(45-39-37-43-3,46-40-38-44-4)42-36-34-32-30-28-26-24-22-20-18-16-14-12-10-8-6-2/h5-42H2,1-4H3. The maximum Gasteiger partial charge on any atom is 0.338 e. The lowest BCUT2D eigenvalue weighted by atomic mass is 10.0. The zero-order valence-corrected chi connectivity index (χ0v) is 34.0. The Morgan fingerprint density at radius 1 is 0.277 bits per heavy atom. The van der Waals surface area contributed by atoms with Crippen LogP contribution in [0.3, 0.4) is 0 Å². The van der Waals surface area contributed by atoms with E-state index in [1.54, 1.807) is 14.2 Å². The zero-order chi connectivity index (χ0) is 34.2. The topological polar surface area (TPSA) is 36.9 Å². The number of ether oxygens (including phenoxy) is 2. The van der Waals surface area contributed by atoms with Crippen molar-refractivity contribution in [2.24, 2.45) is 0 Å². The lowest BCUT2D eigenvalue weighted by Gasteiger charge is -2.31. The van der Waals surface area contributed by atoms with Crippen LogP contribution in [0.15, 0.2) is 0 Å². The Kier molecular flexibility index (Phi) is 40.5. The van der Waals surface area contributed by atoms with Gasteiger partial charge in [0, 0.05) is 14.2 Å². The van der Waals surface area contributed by atoms with Gasteiger partial charge in [-0.15, -0.1) is 0 Å². The van der Waals surface area contributed by atoms with Gasteiger partial charge in [0.15, 0.2) is 0 Å². The van der Waals surface area contributed by atoms with Crippen LogP contribution in [0.2, 0.25) is 12.1 Å². The third kappa shape index (κ3) is 35.7. The summed E-state index contributed by atoms with van der Waals surface area (Å²) in [5.74, 6) is 0. The Balaban J connectivity index is 4.09. The second-order valence-corrected chi connectivity index (χ2v) is 18.1. The quantitative estimate of drug-likeness (QED) is 0.0474. The molecule has 0 aromatic heterocycles. The summed E-state index contributed by atoms with van der Waals surface area (Å²) in [4.78, 5) is 0. The van der Waals surface area contributed by atoms with E-state index in [-0.39, 0.29) is 0 Å². The first kappa shape index (κ1) is 47.1. The average molecular weight is 685 g/mol. The first-order valence-corrected chi connectivity index (χ1v) is 23.7. The smallest absolute Gasteiger partial charge is 0.338 e. The minimum atomic E-state index is -2.24. The van der Waals surface area contributed by atoms with Crippen LogP contribution >= 0.6 is 0 Å². The number of rotatable bonds is 42. The van der Waals surface area contributed by atoms with Crippen LogP contribution in [-0.4, -0.2) is 49.2 Å².